The second-order valence-electron chi connectivity index (χ2n) is 7.28. The third-order valence-electron chi connectivity index (χ3n) is 4.88. The van der Waals surface area contributed by atoms with Gasteiger partial charge < -0.3 is 9.84 Å². The number of phenols is 1. The largest absolute Gasteiger partial charge is 0.508 e. The Balaban J connectivity index is 1.88. The summed E-state index contributed by atoms with van der Waals surface area (Å²) in [6.45, 7) is 2.87. The lowest BCUT2D eigenvalue weighted by atomic mass is 10.0. The van der Waals surface area contributed by atoms with Gasteiger partial charge in [0, 0.05) is 6.07 Å². The van der Waals surface area contributed by atoms with E-state index in [1.807, 2.05) is 0 Å². The summed E-state index contributed by atoms with van der Waals surface area (Å²) in [5.74, 6) is 0.612. The summed E-state index contributed by atoms with van der Waals surface area (Å²) in [6.07, 6.45) is 19.4. The maximum Gasteiger partial charge on any atom is 0.153 e. The molecule has 0 amide bonds. The van der Waals surface area contributed by atoms with Crippen LogP contribution >= 0.6 is 0 Å². The molecule has 0 bridgehead atoms. The Morgan fingerprint density at radius 3 is 1.81 bits per heavy atom. The molecule has 148 valence electrons. The highest BCUT2D eigenvalue weighted by molar-refractivity contribution is 5.79. The van der Waals surface area contributed by atoms with Crippen molar-refractivity contribution in [3.05, 3.63) is 23.8 Å². The first-order chi connectivity index (χ1) is 12.8. The number of unbranched alkanes of at least 4 members (excludes halogenated alkanes) is 13. The molecule has 0 radical (unpaired) electrons. The number of carbonyl (C=O) groups is 1. The summed E-state index contributed by atoms with van der Waals surface area (Å²) in [5, 5.41) is 9.46. The number of carbonyl (C=O) groups excluding carboxylic acids is 1. The molecular formula is C23H38O3. The molecule has 1 aromatic rings. The van der Waals surface area contributed by atoms with Crippen molar-refractivity contribution in [3.63, 3.8) is 0 Å². The normalized spacial score (nSPS) is 10.8. The Morgan fingerprint density at radius 1 is 0.808 bits per heavy atom. The number of hydrogen-bond acceptors (Lipinski definition) is 3. The van der Waals surface area contributed by atoms with Crippen LogP contribution in [0.25, 0.3) is 0 Å². The fourth-order valence-corrected chi connectivity index (χ4v) is 3.22. The predicted octanol–water partition coefficient (Wildman–Crippen LogP) is 7.06. The standard InChI is InChI=1S/C23H38O3/c1-2-3-4-5-6-7-8-9-10-11-12-13-14-15-18-26-23-19-22(25)17-16-21(23)20-24/h16-17,19-20,25H,2-15,18H2,1H3. The van der Waals surface area contributed by atoms with Gasteiger partial charge in [0.1, 0.15) is 11.5 Å². The SMILES string of the molecule is CCCCCCCCCCCCCCCCOc1cc(O)ccc1C=O. The molecule has 1 N–H and O–H groups in total. The highest BCUT2D eigenvalue weighted by Crippen LogP contribution is 2.23. The van der Waals surface area contributed by atoms with E-state index in [2.05, 4.69) is 6.92 Å². The van der Waals surface area contributed by atoms with Crippen molar-refractivity contribution in [2.24, 2.45) is 0 Å². The van der Waals surface area contributed by atoms with Gasteiger partial charge >= 0.3 is 0 Å². The van der Waals surface area contributed by atoms with E-state index in [-0.39, 0.29) is 5.75 Å². The van der Waals surface area contributed by atoms with E-state index in [4.69, 9.17) is 4.74 Å². The fourth-order valence-electron chi connectivity index (χ4n) is 3.22. The zero-order chi connectivity index (χ0) is 18.9. The highest BCUT2D eigenvalue weighted by Gasteiger charge is 2.04. The quantitative estimate of drug-likeness (QED) is 0.238. The first-order valence-electron chi connectivity index (χ1n) is 10.7. The van der Waals surface area contributed by atoms with Gasteiger partial charge in [0.05, 0.1) is 12.2 Å². The van der Waals surface area contributed by atoms with Crippen molar-refractivity contribution in [2.75, 3.05) is 6.61 Å². The van der Waals surface area contributed by atoms with Crippen LogP contribution in [0.5, 0.6) is 11.5 Å². The Bertz CT molecular complexity index is 471. The summed E-state index contributed by atoms with van der Waals surface area (Å²) in [4.78, 5) is 10.9. The number of hydrogen-bond donors (Lipinski definition) is 1. The van der Waals surface area contributed by atoms with Crippen LogP contribution in [-0.2, 0) is 0 Å². The molecule has 0 fully saturated rings. The summed E-state index contributed by atoms with van der Waals surface area (Å²) < 4.78 is 5.62. The van der Waals surface area contributed by atoms with Crippen LogP contribution in [-0.4, -0.2) is 18.0 Å². The van der Waals surface area contributed by atoms with Gasteiger partial charge in [-0.25, -0.2) is 0 Å². The van der Waals surface area contributed by atoms with Crippen molar-refractivity contribution >= 4 is 6.29 Å². The lowest BCUT2D eigenvalue weighted by molar-refractivity contribution is 0.111. The maximum atomic E-state index is 10.9. The number of rotatable bonds is 17. The van der Waals surface area contributed by atoms with E-state index in [9.17, 15) is 9.90 Å². The van der Waals surface area contributed by atoms with Crippen molar-refractivity contribution in [2.45, 2.75) is 96.8 Å². The molecule has 26 heavy (non-hydrogen) atoms. The zero-order valence-electron chi connectivity index (χ0n) is 16.7. The molecular weight excluding hydrogens is 324 g/mol. The van der Waals surface area contributed by atoms with Gasteiger partial charge in [0.15, 0.2) is 6.29 Å². The minimum Gasteiger partial charge on any atom is -0.508 e. The summed E-state index contributed by atoms with van der Waals surface area (Å²) >= 11 is 0. The lowest BCUT2D eigenvalue weighted by Crippen LogP contribution is -2.00. The van der Waals surface area contributed by atoms with Crippen LogP contribution in [0.3, 0.4) is 0 Å². The monoisotopic (exact) mass is 362 g/mol. The molecule has 0 saturated heterocycles. The molecule has 0 aliphatic heterocycles. The molecule has 0 spiro atoms. The van der Waals surface area contributed by atoms with Gasteiger partial charge in [-0.15, -0.1) is 0 Å². The summed E-state index contributed by atoms with van der Waals surface area (Å²) in [5.41, 5.74) is 0.494. The van der Waals surface area contributed by atoms with Crippen LogP contribution in [0.2, 0.25) is 0 Å². The summed E-state index contributed by atoms with van der Waals surface area (Å²) in [6, 6.07) is 4.60. The average Bonchev–Trinajstić information content (AvgIpc) is 2.65. The number of aromatic hydroxyl groups is 1. The molecule has 3 nitrogen and oxygen atoms in total. The summed E-state index contributed by atoms with van der Waals surface area (Å²) in [7, 11) is 0. The lowest BCUT2D eigenvalue weighted by Gasteiger charge is -2.08. The van der Waals surface area contributed by atoms with E-state index < -0.39 is 0 Å². The molecule has 0 saturated carbocycles. The van der Waals surface area contributed by atoms with Crippen LogP contribution in [0.4, 0.5) is 0 Å². The Kier molecular flexibility index (Phi) is 13.6. The Hall–Kier alpha value is -1.51. The van der Waals surface area contributed by atoms with Gasteiger partial charge in [-0.1, -0.05) is 90.4 Å². The first-order valence-corrected chi connectivity index (χ1v) is 10.7. The first kappa shape index (κ1) is 22.5. The van der Waals surface area contributed by atoms with E-state index >= 15 is 0 Å². The van der Waals surface area contributed by atoms with Crippen molar-refractivity contribution < 1.29 is 14.6 Å². The second kappa shape index (κ2) is 15.7. The van der Waals surface area contributed by atoms with Crippen molar-refractivity contribution in [1.29, 1.82) is 0 Å². The molecule has 0 aromatic heterocycles. The number of benzene rings is 1. The molecule has 1 rings (SSSR count). The molecule has 0 atom stereocenters. The topological polar surface area (TPSA) is 46.5 Å². The number of phenolic OH excluding ortho intramolecular Hbond substituents is 1. The molecule has 3 heteroatoms. The third-order valence-corrected chi connectivity index (χ3v) is 4.88. The van der Waals surface area contributed by atoms with E-state index in [1.54, 1.807) is 6.07 Å². The molecule has 1 aromatic carbocycles. The highest BCUT2D eigenvalue weighted by atomic mass is 16.5. The minimum atomic E-state index is 0.131. The van der Waals surface area contributed by atoms with E-state index in [1.165, 1.54) is 89.2 Å². The van der Waals surface area contributed by atoms with Gasteiger partial charge in [-0.2, -0.15) is 0 Å². The van der Waals surface area contributed by atoms with Crippen LogP contribution in [0, 0.1) is 0 Å². The van der Waals surface area contributed by atoms with Gasteiger partial charge in [-0.3, -0.25) is 4.79 Å². The third kappa shape index (κ3) is 11.2. The minimum absolute atomic E-state index is 0.131. The Morgan fingerprint density at radius 2 is 1.31 bits per heavy atom. The maximum absolute atomic E-state index is 10.9. The fraction of sp³-hybridized carbons (Fsp3) is 0.696. The number of aldehydes is 1. The van der Waals surface area contributed by atoms with Crippen molar-refractivity contribution in [1.82, 2.24) is 0 Å². The smallest absolute Gasteiger partial charge is 0.153 e. The van der Waals surface area contributed by atoms with E-state index in [0.29, 0.717) is 17.9 Å². The predicted molar refractivity (Wildman–Crippen MR) is 109 cm³/mol. The van der Waals surface area contributed by atoms with Gasteiger partial charge in [0.25, 0.3) is 0 Å². The number of ether oxygens (including phenoxy) is 1. The second-order valence-corrected chi connectivity index (χ2v) is 7.28. The van der Waals surface area contributed by atoms with Gasteiger partial charge in [0.2, 0.25) is 0 Å². The molecule has 0 unspecified atom stereocenters. The molecule has 0 aliphatic rings. The zero-order valence-corrected chi connectivity index (χ0v) is 16.7. The van der Waals surface area contributed by atoms with Crippen LogP contribution in [0.1, 0.15) is 107 Å². The molecule has 0 aliphatic carbocycles. The van der Waals surface area contributed by atoms with Crippen LogP contribution < -0.4 is 4.74 Å². The van der Waals surface area contributed by atoms with E-state index in [0.717, 1.165) is 19.1 Å². The van der Waals surface area contributed by atoms with Crippen molar-refractivity contribution in [3.8, 4) is 11.5 Å². The molecule has 0 heterocycles. The van der Waals surface area contributed by atoms with Gasteiger partial charge in [-0.05, 0) is 18.6 Å². The average molecular weight is 363 g/mol. The van der Waals surface area contributed by atoms with Crippen LogP contribution in [0.15, 0.2) is 18.2 Å². The Labute approximate surface area is 160 Å².